The Labute approximate surface area is 185 Å². The number of carbonyl (C=O) groups excluding carboxylic acids is 1. The highest BCUT2D eigenvalue weighted by Crippen LogP contribution is 2.31. The van der Waals surface area contributed by atoms with Crippen molar-refractivity contribution in [1.82, 2.24) is 0 Å². The minimum absolute atomic E-state index is 0.185. The Balaban J connectivity index is 2.02. The molecule has 1 heterocycles. The summed E-state index contributed by atoms with van der Waals surface area (Å²) in [6.07, 6.45) is 0. The predicted octanol–water partition coefficient (Wildman–Crippen LogP) is 6.17. The van der Waals surface area contributed by atoms with Crippen LogP contribution in [0.4, 0.5) is 10.1 Å². The quantitative estimate of drug-likeness (QED) is 0.363. The fraction of sp³-hybridized carbons (Fsp3) is 0.333. The zero-order chi connectivity index (χ0) is 22.8. The van der Waals surface area contributed by atoms with Crippen molar-refractivity contribution < 1.29 is 18.3 Å². The Morgan fingerprint density at radius 1 is 1.23 bits per heavy atom. The van der Waals surface area contributed by atoms with Crippen molar-refractivity contribution in [1.29, 1.82) is 0 Å². The van der Waals surface area contributed by atoms with Gasteiger partial charge in [0.25, 0.3) is 0 Å². The van der Waals surface area contributed by atoms with E-state index in [1.54, 1.807) is 45.0 Å². The van der Waals surface area contributed by atoms with Crippen LogP contribution in [0.5, 0.6) is 0 Å². The standard InChI is InChI=1S/C24H26FNO4S/c1-6-31-21-13-20(27)18-12-15(25)11-17(22(18)29-21)14(2)26-19-10-8-7-9-16(19)23(28)30-24(3,4)5/h7-14,26H,6H2,1-5H3. The van der Waals surface area contributed by atoms with Gasteiger partial charge in [0.05, 0.1) is 17.0 Å². The molecule has 5 nitrogen and oxygen atoms in total. The van der Waals surface area contributed by atoms with E-state index in [1.807, 2.05) is 13.8 Å². The van der Waals surface area contributed by atoms with E-state index in [9.17, 15) is 14.0 Å². The first-order chi connectivity index (χ1) is 14.6. The Morgan fingerprint density at radius 3 is 2.61 bits per heavy atom. The maximum Gasteiger partial charge on any atom is 0.340 e. The second-order valence-electron chi connectivity index (χ2n) is 8.15. The first kappa shape index (κ1) is 22.9. The largest absolute Gasteiger partial charge is 0.456 e. The molecule has 1 unspecified atom stereocenters. The van der Waals surface area contributed by atoms with Gasteiger partial charge < -0.3 is 14.5 Å². The van der Waals surface area contributed by atoms with E-state index >= 15 is 0 Å². The molecule has 3 rings (SSSR count). The van der Waals surface area contributed by atoms with Gasteiger partial charge in [0.1, 0.15) is 17.0 Å². The Bertz CT molecular complexity index is 1170. The van der Waals surface area contributed by atoms with E-state index in [2.05, 4.69) is 5.32 Å². The van der Waals surface area contributed by atoms with Gasteiger partial charge in [0.15, 0.2) is 10.5 Å². The molecule has 0 aliphatic heterocycles. The van der Waals surface area contributed by atoms with Crippen LogP contribution in [-0.2, 0) is 4.74 Å². The van der Waals surface area contributed by atoms with Crippen molar-refractivity contribution in [3.63, 3.8) is 0 Å². The van der Waals surface area contributed by atoms with Crippen molar-refractivity contribution in [2.45, 2.75) is 51.4 Å². The number of halogens is 1. The van der Waals surface area contributed by atoms with E-state index in [4.69, 9.17) is 9.15 Å². The molecule has 0 fully saturated rings. The van der Waals surface area contributed by atoms with Gasteiger partial charge in [-0.25, -0.2) is 9.18 Å². The Morgan fingerprint density at radius 2 is 1.94 bits per heavy atom. The highest BCUT2D eigenvalue weighted by molar-refractivity contribution is 7.99. The first-order valence-corrected chi connectivity index (χ1v) is 11.1. The van der Waals surface area contributed by atoms with Crippen LogP contribution in [0, 0.1) is 5.82 Å². The Kier molecular flexibility index (Phi) is 6.74. The molecule has 0 spiro atoms. The molecule has 0 aliphatic carbocycles. The van der Waals surface area contributed by atoms with E-state index in [0.29, 0.717) is 27.5 Å². The van der Waals surface area contributed by atoms with Gasteiger partial charge >= 0.3 is 5.97 Å². The highest BCUT2D eigenvalue weighted by atomic mass is 32.2. The maximum absolute atomic E-state index is 14.3. The molecule has 0 radical (unpaired) electrons. The van der Waals surface area contributed by atoms with Gasteiger partial charge in [0, 0.05) is 17.3 Å². The third kappa shape index (κ3) is 5.47. The Hall–Kier alpha value is -2.80. The van der Waals surface area contributed by atoms with E-state index in [0.717, 1.165) is 5.75 Å². The number of para-hydroxylation sites is 1. The summed E-state index contributed by atoms with van der Waals surface area (Å²) >= 11 is 1.40. The smallest absolute Gasteiger partial charge is 0.340 e. The lowest BCUT2D eigenvalue weighted by Crippen LogP contribution is -2.24. The molecule has 1 N–H and O–H groups in total. The molecule has 1 atom stereocenters. The lowest BCUT2D eigenvalue weighted by molar-refractivity contribution is 0.00706. The number of benzene rings is 2. The van der Waals surface area contributed by atoms with Gasteiger partial charge in [-0.2, -0.15) is 0 Å². The number of hydrogen-bond donors (Lipinski definition) is 1. The van der Waals surface area contributed by atoms with Crippen LogP contribution in [0.25, 0.3) is 11.0 Å². The number of carbonyl (C=O) groups is 1. The van der Waals surface area contributed by atoms with Crippen molar-refractivity contribution in [2.75, 3.05) is 11.1 Å². The van der Waals surface area contributed by atoms with Gasteiger partial charge in [-0.1, -0.05) is 30.8 Å². The summed E-state index contributed by atoms with van der Waals surface area (Å²) in [4.78, 5) is 25.2. The molecule has 7 heteroatoms. The molecule has 1 aromatic heterocycles. The minimum Gasteiger partial charge on any atom is -0.456 e. The molecule has 31 heavy (non-hydrogen) atoms. The number of ether oxygens (including phenoxy) is 1. The van der Waals surface area contributed by atoms with Crippen molar-refractivity contribution in [3.8, 4) is 0 Å². The molecule has 0 saturated carbocycles. The topological polar surface area (TPSA) is 68.5 Å². The van der Waals surface area contributed by atoms with Crippen molar-refractivity contribution >= 4 is 34.4 Å². The van der Waals surface area contributed by atoms with Gasteiger partial charge in [-0.05, 0) is 57.7 Å². The number of nitrogens with one attached hydrogen (secondary N) is 1. The molecule has 2 aromatic carbocycles. The van der Waals surface area contributed by atoms with Crippen LogP contribution in [0.1, 0.15) is 56.6 Å². The fourth-order valence-electron chi connectivity index (χ4n) is 3.19. The molecule has 3 aromatic rings. The minimum atomic E-state index is -0.634. The SMILES string of the molecule is CCSc1cc(=O)c2cc(F)cc(C(C)Nc3ccccc3C(=O)OC(C)(C)C)c2o1. The van der Waals surface area contributed by atoms with Gasteiger partial charge in [0.2, 0.25) is 0 Å². The summed E-state index contributed by atoms with van der Waals surface area (Å²) in [7, 11) is 0. The van der Waals surface area contributed by atoms with Crippen LogP contribution >= 0.6 is 11.8 Å². The number of thioether (sulfide) groups is 1. The molecule has 0 aliphatic rings. The summed E-state index contributed by atoms with van der Waals surface area (Å²) in [6, 6.07) is 10.4. The van der Waals surface area contributed by atoms with Crippen molar-refractivity contribution in [2.24, 2.45) is 0 Å². The fourth-order valence-corrected chi connectivity index (χ4v) is 3.81. The lowest BCUT2D eigenvalue weighted by atomic mass is 10.0. The summed E-state index contributed by atoms with van der Waals surface area (Å²) in [5, 5.41) is 3.91. The molecule has 0 saturated heterocycles. The number of rotatable bonds is 6. The van der Waals surface area contributed by atoms with Gasteiger partial charge in [-0.3, -0.25) is 4.79 Å². The highest BCUT2D eigenvalue weighted by Gasteiger charge is 2.22. The maximum atomic E-state index is 14.3. The monoisotopic (exact) mass is 443 g/mol. The average Bonchev–Trinajstić information content (AvgIpc) is 2.67. The van der Waals surface area contributed by atoms with E-state index in [-0.39, 0.29) is 10.8 Å². The number of fused-ring (bicyclic) bond motifs is 1. The van der Waals surface area contributed by atoms with Crippen molar-refractivity contribution in [3.05, 3.63) is 69.6 Å². The molecular weight excluding hydrogens is 417 g/mol. The summed E-state index contributed by atoms with van der Waals surface area (Å²) in [6.45, 7) is 9.18. The zero-order valence-corrected chi connectivity index (χ0v) is 19.1. The van der Waals surface area contributed by atoms with E-state index < -0.39 is 23.4 Å². The number of hydrogen-bond acceptors (Lipinski definition) is 6. The first-order valence-electron chi connectivity index (χ1n) is 10.1. The van der Waals surface area contributed by atoms with Crippen LogP contribution < -0.4 is 10.7 Å². The zero-order valence-electron chi connectivity index (χ0n) is 18.2. The third-order valence-electron chi connectivity index (χ3n) is 4.47. The average molecular weight is 444 g/mol. The lowest BCUT2D eigenvalue weighted by Gasteiger charge is -2.22. The van der Waals surface area contributed by atoms with Crippen LogP contribution in [0.15, 0.2) is 56.8 Å². The molecule has 0 bridgehead atoms. The second-order valence-corrected chi connectivity index (χ2v) is 9.42. The normalized spacial score (nSPS) is 12.6. The third-order valence-corrected chi connectivity index (χ3v) is 5.24. The van der Waals surface area contributed by atoms with Crippen LogP contribution in [0.3, 0.4) is 0 Å². The summed E-state index contributed by atoms with van der Waals surface area (Å²) in [5.41, 5.74) is 0.811. The van der Waals surface area contributed by atoms with Crippen LogP contribution in [-0.4, -0.2) is 17.3 Å². The predicted molar refractivity (Wildman–Crippen MR) is 122 cm³/mol. The van der Waals surface area contributed by atoms with E-state index in [1.165, 1.54) is 30.0 Å². The molecule has 164 valence electrons. The van der Waals surface area contributed by atoms with Gasteiger partial charge in [-0.15, -0.1) is 0 Å². The van der Waals surface area contributed by atoms with Crippen LogP contribution in [0.2, 0.25) is 0 Å². The second kappa shape index (κ2) is 9.14. The number of esters is 1. The number of anilines is 1. The summed E-state index contributed by atoms with van der Waals surface area (Å²) in [5.74, 6) is -0.248. The molecular formula is C24H26FNO4S. The summed E-state index contributed by atoms with van der Waals surface area (Å²) < 4.78 is 25.8. The molecule has 0 amide bonds.